The van der Waals surface area contributed by atoms with Crippen LogP contribution in [0.25, 0.3) is 0 Å². The molecule has 1 aromatic carbocycles. The zero-order valence-corrected chi connectivity index (χ0v) is 10.1. The van der Waals surface area contributed by atoms with E-state index in [9.17, 15) is 0 Å². The molecule has 2 aromatic rings. The van der Waals surface area contributed by atoms with Gasteiger partial charge in [0.2, 0.25) is 5.95 Å². The Morgan fingerprint density at radius 2 is 2.00 bits per heavy atom. The smallest absolute Gasteiger partial charge is 0.203 e. The highest BCUT2D eigenvalue weighted by molar-refractivity contribution is 6.30. The van der Waals surface area contributed by atoms with Gasteiger partial charge in [0.15, 0.2) is 0 Å². The summed E-state index contributed by atoms with van der Waals surface area (Å²) < 4.78 is 2.09. The summed E-state index contributed by atoms with van der Waals surface area (Å²) in [5.74, 6) is 0.863. The summed E-state index contributed by atoms with van der Waals surface area (Å²) in [6.07, 6.45) is 3.75. The van der Waals surface area contributed by atoms with Gasteiger partial charge in [0.05, 0.1) is 6.04 Å². The van der Waals surface area contributed by atoms with Gasteiger partial charge in [-0.25, -0.2) is 4.98 Å². The van der Waals surface area contributed by atoms with E-state index in [0.717, 1.165) is 11.0 Å². The number of benzene rings is 1. The Morgan fingerprint density at radius 3 is 2.62 bits per heavy atom. The lowest BCUT2D eigenvalue weighted by atomic mass is 10.1. The Bertz CT molecular complexity index is 461. The predicted molar refractivity (Wildman–Crippen MR) is 67.0 cm³/mol. The maximum atomic E-state index is 5.87. The Kier molecular flexibility index (Phi) is 3.15. The van der Waals surface area contributed by atoms with Gasteiger partial charge in [-0.15, -0.1) is 0 Å². The van der Waals surface area contributed by atoms with E-state index in [4.69, 9.17) is 11.6 Å². The molecular weight excluding hydrogens is 222 g/mol. The summed E-state index contributed by atoms with van der Waals surface area (Å²) in [6.45, 7) is 2.13. The van der Waals surface area contributed by atoms with E-state index in [2.05, 4.69) is 21.8 Å². The second-order valence-corrected chi connectivity index (χ2v) is 4.07. The highest BCUT2D eigenvalue weighted by atomic mass is 35.5. The molecule has 0 bridgehead atoms. The predicted octanol–water partition coefficient (Wildman–Crippen LogP) is 3.19. The average Bonchev–Trinajstić information content (AvgIpc) is 2.77. The molecule has 0 aliphatic rings. The van der Waals surface area contributed by atoms with Crippen LogP contribution in [0.4, 0.5) is 5.95 Å². The Labute approximate surface area is 100 Å². The molecule has 0 amide bonds. The zero-order valence-electron chi connectivity index (χ0n) is 9.31. The first-order valence-electron chi connectivity index (χ1n) is 5.18. The highest BCUT2D eigenvalue weighted by Gasteiger charge is 2.10. The summed E-state index contributed by atoms with van der Waals surface area (Å²) in [5, 5.41) is 3.82. The van der Waals surface area contributed by atoms with Gasteiger partial charge < -0.3 is 9.88 Å². The van der Waals surface area contributed by atoms with Crippen molar-refractivity contribution in [3.05, 3.63) is 47.2 Å². The summed E-state index contributed by atoms with van der Waals surface area (Å²) >= 11 is 5.87. The van der Waals surface area contributed by atoms with Crippen molar-refractivity contribution in [2.45, 2.75) is 13.0 Å². The number of aromatic nitrogens is 2. The van der Waals surface area contributed by atoms with Crippen LogP contribution >= 0.6 is 11.6 Å². The van der Waals surface area contributed by atoms with E-state index in [1.165, 1.54) is 5.56 Å². The van der Waals surface area contributed by atoms with Gasteiger partial charge in [0.25, 0.3) is 0 Å². The van der Waals surface area contributed by atoms with Crippen molar-refractivity contribution in [1.82, 2.24) is 9.55 Å². The number of anilines is 1. The van der Waals surface area contributed by atoms with Crippen molar-refractivity contribution in [3.63, 3.8) is 0 Å². The number of hydrogen-bond acceptors (Lipinski definition) is 2. The molecule has 0 saturated carbocycles. The fraction of sp³-hybridized carbons (Fsp3) is 0.250. The topological polar surface area (TPSA) is 29.9 Å². The van der Waals surface area contributed by atoms with E-state index in [0.29, 0.717) is 0 Å². The molecule has 0 aliphatic heterocycles. The van der Waals surface area contributed by atoms with Crippen molar-refractivity contribution in [2.24, 2.45) is 0 Å². The molecule has 2 rings (SSSR count). The van der Waals surface area contributed by atoms with Crippen LogP contribution in [0, 0.1) is 0 Å². The minimum absolute atomic E-state index is 0.238. The van der Waals surface area contributed by atoms with Gasteiger partial charge in [-0.3, -0.25) is 0 Å². The number of halogens is 1. The molecule has 0 fully saturated rings. The molecule has 4 heteroatoms. The number of imidazole rings is 1. The van der Waals surface area contributed by atoms with Crippen LogP contribution in [0.1, 0.15) is 18.5 Å². The van der Waals surface area contributed by atoms with Gasteiger partial charge in [-0.05, 0) is 24.6 Å². The van der Waals surface area contributed by atoms with Gasteiger partial charge in [-0.2, -0.15) is 0 Å². The quantitative estimate of drug-likeness (QED) is 0.886. The van der Waals surface area contributed by atoms with Crippen molar-refractivity contribution < 1.29 is 0 Å². The third-order valence-electron chi connectivity index (χ3n) is 2.66. The maximum absolute atomic E-state index is 5.87. The number of hydrogen-bond donors (Lipinski definition) is 1. The van der Waals surface area contributed by atoms with Crippen LogP contribution in [0.5, 0.6) is 0 Å². The molecule has 16 heavy (non-hydrogen) atoms. The Hall–Kier alpha value is -1.48. The molecule has 0 spiro atoms. The number of rotatable bonds is 3. The zero-order chi connectivity index (χ0) is 11.5. The molecule has 1 N–H and O–H groups in total. The van der Waals surface area contributed by atoms with E-state index in [1.54, 1.807) is 6.20 Å². The maximum Gasteiger partial charge on any atom is 0.203 e. The Morgan fingerprint density at radius 1 is 1.31 bits per heavy atom. The summed E-state index contributed by atoms with van der Waals surface area (Å²) in [7, 11) is 1.87. The van der Waals surface area contributed by atoms with Crippen LogP contribution in [-0.2, 0) is 0 Å². The van der Waals surface area contributed by atoms with E-state index in [1.807, 2.05) is 37.5 Å². The Balaban J connectivity index is 2.31. The van der Waals surface area contributed by atoms with Gasteiger partial charge >= 0.3 is 0 Å². The van der Waals surface area contributed by atoms with Crippen LogP contribution in [0.3, 0.4) is 0 Å². The molecule has 0 saturated heterocycles. The summed E-state index contributed by atoms with van der Waals surface area (Å²) in [6, 6.07) is 8.12. The fourth-order valence-corrected chi connectivity index (χ4v) is 1.85. The SMILES string of the molecule is CNc1nccn1C(C)c1ccc(Cl)cc1. The van der Waals surface area contributed by atoms with E-state index < -0.39 is 0 Å². The third-order valence-corrected chi connectivity index (χ3v) is 2.91. The second kappa shape index (κ2) is 4.58. The largest absolute Gasteiger partial charge is 0.359 e. The van der Waals surface area contributed by atoms with Gasteiger partial charge in [0, 0.05) is 24.5 Å². The number of nitrogens with one attached hydrogen (secondary N) is 1. The first-order chi connectivity index (χ1) is 7.72. The lowest BCUT2D eigenvalue weighted by Gasteiger charge is -2.16. The van der Waals surface area contributed by atoms with E-state index >= 15 is 0 Å². The van der Waals surface area contributed by atoms with Crippen LogP contribution in [-0.4, -0.2) is 16.6 Å². The normalized spacial score (nSPS) is 12.4. The molecule has 3 nitrogen and oxygen atoms in total. The van der Waals surface area contributed by atoms with Gasteiger partial charge in [0.1, 0.15) is 0 Å². The van der Waals surface area contributed by atoms with Gasteiger partial charge in [-0.1, -0.05) is 23.7 Å². The second-order valence-electron chi connectivity index (χ2n) is 3.64. The molecule has 1 heterocycles. The van der Waals surface area contributed by atoms with E-state index in [-0.39, 0.29) is 6.04 Å². The molecule has 1 aromatic heterocycles. The molecule has 0 radical (unpaired) electrons. The molecule has 1 unspecified atom stereocenters. The van der Waals surface area contributed by atoms with Crippen LogP contribution in [0.15, 0.2) is 36.7 Å². The van der Waals surface area contributed by atoms with Crippen molar-refractivity contribution in [2.75, 3.05) is 12.4 Å². The van der Waals surface area contributed by atoms with Crippen molar-refractivity contribution >= 4 is 17.5 Å². The highest BCUT2D eigenvalue weighted by Crippen LogP contribution is 2.22. The van der Waals surface area contributed by atoms with Crippen LogP contribution < -0.4 is 5.32 Å². The number of nitrogens with zero attached hydrogens (tertiary/aromatic N) is 2. The minimum Gasteiger partial charge on any atom is -0.359 e. The standard InChI is InChI=1S/C12H14ClN3/c1-9(10-3-5-11(13)6-4-10)16-8-7-15-12(16)14-2/h3-9H,1-2H3,(H,14,15). The van der Waals surface area contributed by atoms with Crippen LogP contribution in [0.2, 0.25) is 5.02 Å². The average molecular weight is 236 g/mol. The molecule has 84 valence electrons. The third kappa shape index (κ3) is 2.04. The fourth-order valence-electron chi connectivity index (χ4n) is 1.72. The molecular formula is C12H14ClN3. The van der Waals surface area contributed by atoms with Crippen molar-refractivity contribution in [1.29, 1.82) is 0 Å². The summed E-state index contributed by atoms with van der Waals surface area (Å²) in [4.78, 5) is 4.22. The van der Waals surface area contributed by atoms with Crippen molar-refractivity contribution in [3.8, 4) is 0 Å². The first-order valence-corrected chi connectivity index (χ1v) is 5.56. The molecule has 0 aliphatic carbocycles. The molecule has 1 atom stereocenters. The first kappa shape index (κ1) is 11.0. The monoisotopic (exact) mass is 235 g/mol. The lowest BCUT2D eigenvalue weighted by molar-refractivity contribution is 0.646. The minimum atomic E-state index is 0.238. The summed E-state index contributed by atoms with van der Waals surface area (Å²) in [5.41, 5.74) is 1.21. The lowest BCUT2D eigenvalue weighted by Crippen LogP contribution is -2.09.